The minimum Gasteiger partial charge on any atom is -0.455 e. The van der Waals surface area contributed by atoms with Gasteiger partial charge in [0.25, 0.3) is 0 Å². The van der Waals surface area contributed by atoms with E-state index in [0.29, 0.717) is 0 Å². The van der Waals surface area contributed by atoms with Gasteiger partial charge < -0.3 is 9.52 Å². The Morgan fingerprint density at radius 1 is 1.00 bits per heavy atom. The summed E-state index contributed by atoms with van der Waals surface area (Å²) in [6, 6.07) is 19.3. The van der Waals surface area contributed by atoms with Gasteiger partial charge in [-0.15, -0.1) is 0 Å². The summed E-state index contributed by atoms with van der Waals surface area (Å²) in [6.45, 7) is 14.1. The number of hydrogen-bond acceptors (Lipinski definition) is 2. The Bertz CT molecular complexity index is 1480. The molecule has 0 saturated heterocycles. The fourth-order valence-electron chi connectivity index (χ4n) is 5.37. The minimum atomic E-state index is -0.992. The molecule has 4 aromatic rings. The van der Waals surface area contributed by atoms with Crippen LogP contribution in [0.2, 0.25) is 0 Å². The van der Waals surface area contributed by atoms with Gasteiger partial charge in [-0.3, -0.25) is 0 Å². The Morgan fingerprint density at radius 3 is 2.45 bits per heavy atom. The third-order valence-electron chi connectivity index (χ3n) is 6.98. The van der Waals surface area contributed by atoms with Crippen LogP contribution in [0.4, 0.5) is 0 Å². The number of fused-ring (bicyclic) bond motifs is 7. The molecule has 0 amide bonds. The normalized spacial score (nSPS) is 15.7. The number of rotatable bonds is 4. The van der Waals surface area contributed by atoms with Gasteiger partial charge in [-0.1, -0.05) is 81.1 Å². The van der Waals surface area contributed by atoms with E-state index in [9.17, 15) is 5.11 Å². The van der Waals surface area contributed by atoms with Gasteiger partial charge in [-0.25, -0.2) is 0 Å². The zero-order chi connectivity index (χ0) is 23.5. The third kappa shape index (κ3) is 3.13. The predicted molar refractivity (Wildman–Crippen MR) is 140 cm³/mol. The number of allylic oxidation sites excluding steroid dienone is 3. The van der Waals surface area contributed by atoms with Crippen molar-refractivity contribution in [3.63, 3.8) is 0 Å². The molecule has 1 aliphatic carbocycles. The molecule has 33 heavy (non-hydrogen) atoms. The summed E-state index contributed by atoms with van der Waals surface area (Å²) in [6.07, 6.45) is 5.83. The second-order valence-corrected chi connectivity index (χ2v) is 9.94. The molecule has 0 saturated carbocycles. The van der Waals surface area contributed by atoms with Crippen LogP contribution in [0, 0.1) is 0 Å². The quantitative estimate of drug-likeness (QED) is 0.329. The van der Waals surface area contributed by atoms with Crippen LogP contribution in [0.15, 0.2) is 89.4 Å². The van der Waals surface area contributed by atoms with Crippen molar-refractivity contribution in [1.29, 1.82) is 0 Å². The monoisotopic (exact) mass is 434 g/mol. The summed E-state index contributed by atoms with van der Waals surface area (Å²) >= 11 is 0. The number of para-hydroxylation sites is 1. The smallest absolute Gasteiger partial charge is 0.143 e. The molecule has 0 unspecified atom stereocenters. The first-order chi connectivity index (χ1) is 15.7. The zero-order valence-corrected chi connectivity index (χ0v) is 20.0. The van der Waals surface area contributed by atoms with E-state index in [1.807, 2.05) is 25.1 Å². The lowest BCUT2D eigenvalue weighted by Gasteiger charge is -2.24. The van der Waals surface area contributed by atoms with E-state index in [2.05, 4.69) is 69.0 Å². The van der Waals surface area contributed by atoms with Crippen molar-refractivity contribution in [2.75, 3.05) is 0 Å². The fourth-order valence-corrected chi connectivity index (χ4v) is 5.37. The number of benzene rings is 3. The van der Waals surface area contributed by atoms with Gasteiger partial charge in [0.15, 0.2) is 0 Å². The van der Waals surface area contributed by atoms with Crippen molar-refractivity contribution in [1.82, 2.24) is 0 Å². The zero-order valence-electron chi connectivity index (χ0n) is 20.0. The van der Waals surface area contributed by atoms with Crippen LogP contribution in [-0.2, 0) is 5.41 Å². The van der Waals surface area contributed by atoms with Crippen molar-refractivity contribution in [2.24, 2.45) is 0 Å². The lowest BCUT2D eigenvalue weighted by atomic mass is 9.80. The number of furan rings is 1. The van der Waals surface area contributed by atoms with Gasteiger partial charge in [-0.05, 0) is 66.3 Å². The molecule has 0 aliphatic heterocycles. The van der Waals surface area contributed by atoms with E-state index in [4.69, 9.17) is 4.42 Å². The maximum absolute atomic E-state index is 10.8. The Hall–Kier alpha value is -3.36. The molecular formula is C31H30O2. The summed E-state index contributed by atoms with van der Waals surface area (Å²) in [4.78, 5) is 0. The largest absolute Gasteiger partial charge is 0.455 e. The molecule has 2 nitrogen and oxygen atoms in total. The molecule has 3 aromatic carbocycles. The van der Waals surface area contributed by atoms with Crippen molar-refractivity contribution in [2.45, 2.75) is 45.6 Å². The molecular weight excluding hydrogens is 404 g/mol. The van der Waals surface area contributed by atoms with Crippen LogP contribution < -0.4 is 0 Å². The predicted octanol–water partition coefficient (Wildman–Crippen LogP) is 8.18. The van der Waals surface area contributed by atoms with E-state index < -0.39 is 5.60 Å². The van der Waals surface area contributed by atoms with Crippen LogP contribution in [0.3, 0.4) is 0 Å². The summed E-state index contributed by atoms with van der Waals surface area (Å²) < 4.78 is 6.40. The highest BCUT2D eigenvalue weighted by atomic mass is 16.3. The number of hydrogen-bond donors (Lipinski definition) is 1. The van der Waals surface area contributed by atoms with Gasteiger partial charge in [0.1, 0.15) is 11.2 Å². The second kappa shape index (κ2) is 7.33. The molecule has 0 spiro atoms. The summed E-state index contributed by atoms with van der Waals surface area (Å²) in [5.41, 5.74) is 8.55. The van der Waals surface area contributed by atoms with E-state index in [1.54, 1.807) is 19.9 Å². The van der Waals surface area contributed by atoms with Crippen molar-refractivity contribution in [3.05, 3.63) is 102 Å². The minimum absolute atomic E-state index is 0.169. The Labute approximate surface area is 195 Å². The van der Waals surface area contributed by atoms with Crippen LogP contribution in [0.25, 0.3) is 38.6 Å². The highest BCUT2D eigenvalue weighted by Gasteiger charge is 2.38. The Morgan fingerprint density at radius 2 is 1.76 bits per heavy atom. The third-order valence-corrected chi connectivity index (χ3v) is 6.98. The standard InChI is InChI=1S/C31H30O2/c1-7-11-20(24(8-2)31(5,6)32)19-14-15-23-26(18-19)30(3,4)25-17-16-22-21-12-9-10-13-27(21)33-29(22)28(23)25/h7-18,32H,2H2,1,3-6H3/b11-7-,24-20-. The van der Waals surface area contributed by atoms with Gasteiger partial charge >= 0.3 is 0 Å². The van der Waals surface area contributed by atoms with E-state index >= 15 is 0 Å². The lowest BCUT2D eigenvalue weighted by molar-refractivity contribution is 0.124. The highest BCUT2D eigenvalue weighted by Crippen LogP contribution is 2.53. The topological polar surface area (TPSA) is 33.4 Å². The van der Waals surface area contributed by atoms with Crippen LogP contribution in [0.5, 0.6) is 0 Å². The first-order valence-corrected chi connectivity index (χ1v) is 11.5. The second-order valence-electron chi connectivity index (χ2n) is 9.94. The molecule has 0 radical (unpaired) electrons. The van der Waals surface area contributed by atoms with Gasteiger partial charge in [0, 0.05) is 21.8 Å². The highest BCUT2D eigenvalue weighted by molar-refractivity contribution is 6.11. The van der Waals surface area contributed by atoms with Crippen LogP contribution >= 0.6 is 0 Å². The van der Waals surface area contributed by atoms with Gasteiger partial charge in [0.05, 0.1) is 5.60 Å². The molecule has 5 rings (SSSR count). The van der Waals surface area contributed by atoms with Gasteiger partial charge in [0.2, 0.25) is 0 Å². The van der Waals surface area contributed by atoms with E-state index in [1.165, 1.54) is 22.3 Å². The van der Waals surface area contributed by atoms with E-state index in [-0.39, 0.29) is 5.41 Å². The molecule has 2 heteroatoms. The fraction of sp³-hybridized carbons (Fsp3) is 0.226. The van der Waals surface area contributed by atoms with Gasteiger partial charge in [-0.2, -0.15) is 0 Å². The average molecular weight is 435 g/mol. The average Bonchev–Trinajstić information content (AvgIpc) is 3.25. The lowest BCUT2D eigenvalue weighted by Crippen LogP contribution is -2.22. The maximum atomic E-state index is 10.8. The first-order valence-electron chi connectivity index (χ1n) is 11.5. The Kier molecular flexibility index (Phi) is 4.77. The molecule has 1 N–H and O–H groups in total. The van der Waals surface area contributed by atoms with Crippen LogP contribution in [0.1, 0.15) is 51.3 Å². The molecule has 1 heterocycles. The molecule has 1 aliphatic rings. The van der Waals surface area contributed by atoms with Crippen LogP contribution in [-0.4, -0.2) is 10.7 Å². The molecule has 1 aromatic heterocycles. The maximum Gasteiger partial charge on any atom is 0.143 e. The molecule has 166 valence electrons. The summed E-state index contributed by atoms with van der Waals surface area (Å²) in [7, 11) is 0. The van der Waals surface area contributed by atoms with E-state index in [0.717, 1.165) is 38.6 Å². The molecule has 0 fully saturated rings. The SMILES string of the molecule is C=C/C(=C(\C=C/C)c1ccc2c(c1)C(C)(C)c1ccc3c(oc4ccccc43)c1-2)C(C)(C)O. The van der Waals surface area contributed by atoms with Crippen molar-refractivity contribution in [3.8, 4) is 11.1 Å². The molecule has 0 bridgehead atoms. The summed E-state index contributed by atoms with van der Waals surface area (Å²) in [5, 5.41) is 13.1. The Balaban J connectivity index is 1.80. The van der Waals surface area contributed by atoms with Crippen molar-refractivity contribution < 1.29 is 9.52 Å². The van der Waals surface area contributed by atoms with Crippen molar-refractivity contribution >= 4 is 27.5 Å². The first kappa shape index (κ1) is 21.5. The number of aliphatic hydroxyl groups is 1. The summed E-state index contributed by atoms with van der Waals surface area (Å²) in [5.74, 6) is 0. The molecule has 0 atom stereocenters.